The van der Waals surface area contributed by atoms with Crippen molar-refractivity contribution in [3.63, 3.8) is 0 Å². The first-order chi connectivity index (χ1) is 15.9. The van der Waals surface area contributed by atoms with Crippen molar-refractivity contribution in [3.05, 3.63) is 95.2 Å². The lowest BCUT2D eigenvalue weighted by Gasteiger charge is -2.06. The van der Waals surface area contributed by atoms with Crippen LogP contribution in [0.4, 0.5) is 5.69 Å². The van der Waals surface area contributed by atoms with Crippen LogP contribution in [-0.2, 0) is 6.42 Å². The molecule has 33 heavy (non-hydrogen) atoms. The van der Waals surface area contributed by atoms with Crippen LogP contribution in [0.15, 0.2) is 67.7 Å². The molecule has 1 heterocycles. The number of nitrogen functional groups attached to an aromatic ring is 1. The summed E-state index contributed by atoms with van der Waals surface area (Å²) in [6.45, 7) is 2.09. The number of hydrogen-bond acceptors (Lipinski definition) is 6. The van der Waals surface area contributed by atoms with Crippen LogP contribution in [0.25, 0.3) is 38.0 Å². The van der Waals surface area contributed by atoms with Crippen molar-refractivity contribution in [1.82, 2.24) is 4.57 Å². The minimum absolute atomic E-state index is 0.112. The molecule has 0 amide bonds. The van der Waals surface area contributed by atoms with Crippen molar-refractivity contribution < 1.29 is 5.11 Å². The number of fused-ring (bicyclic) bond motifs is 3. The molecule has 0 aliphatic carbocycles. The highest BCUT2D eigenvalue weighted by atomic mass is 16.3. The standard InChI is InChI=1S/C26H20N2O5/c1-2-3-6-13-9-11-14(12-10-13)28-25(32)18-20(26(28)33)24(31)19-17(21(18)27)22(29)15-7-4-5-8-16(15)23(19)30/h4-5,7-12,31H,2-3,6,27H2,1H3. The van der Waals surface area contributed by atoms with Gasteiger partial charge in [0.25, 0.3) is 11.1 Å². The zero-order valence-electron chi connectivity index (χ0n) is 17.8. The minimum atomic E-state index is -0.789. The monoisotopic (exact) mass is 440 g/mol. The number of benzene rings is 4. The fraction of sp³-hybridized carbons (Fsp3) is 0.154. The van der Waals surface area contributed by atoms with E-state index < -0.39 is 27.7 Å². The van der Waals surface area contributed by atoms with Gasteiger partial charge in [0.1, 0.15) is 5.75 Å². The number of nitrogens with two attached hydrogens (primary N) is 1. The molecule has 0 unspecified atom stereocenters. The lowest BCUT2D eigenvalue weighted by molar-refractivity contribution is 0.487. The molecule has 4 aromatic carbocycles. The lowest BCUT2D eigenvalue weighted by atomic mass is 9.97. The summed E-state index contributed by atoms with van der Waals surface area (Å²) >= 11 is 0. The van der Waals surface area contributed by atoms with Crippen molar-refractivity contribution in [3.8, 4) is 11.4 Å². The van der Waals surface area contributed by atoms with Gasteiger partial charge in [0.05, 0.1) is 32.9 Å². The molecule has 0 aliphatic heterocycles. The predicted molar refractivity (Wildman–Crippen MR) is 130 cm³/mol. The molecular weight excluding hydrogens is 420 g/mol. The van der Waals surface area contributed by atoms with Crippen molar-refractivity contribution in [2.75, 3.05) is 5.73 Å². The molecule has 3 N–H and O–H groups in total. The second-order valence-corrected chi connectivity index (χ2v) is 8.18. The first kappa shape index (κ1) is 20.6. The largest absolute Gasteiger partial charge is 0.506 e. The Bertz CT molecular complexity index is 1680. The number of unbranched alkanes of at least 4 members (excludes halogenated alkanes) is 1. The SMILES string of the molecule is CCCCc1ccc(-n2c(=O)c3c(N)c4c(=O)c5ccccc5c(=O)c4c(O)c3c2=O)cc1. The summed E-state index contributed by atoms with van der Waals surface area (Å²) in [5.74, 6) is -0.692. The van der Waals surface area contributed by atoms with Gasteiger partial charge in [-0.15, -0.1) is 0 Å². The Morgan fingerprint density at radius 1 is 0.788 bits per heavy atom. The number of phenols is 1. The molecule has 0 radical (unpaired) electrons. The third-order valence-corrected chi connectivity index (χ3v) is 6.23. The highest BCUT2D eigenvalue weighted by Gasteiger charge is 2.26. The van der Waals surface area contributed by atoms with E-state index in [0.29, 0.717) is 5.69 Å². The van der Waals surface area contributed by atoms with Gasteiger partial charge in [-0.2, -0.15) is 0 Å². The summed E-state index contributed by atoms with van der Waals surface area (Å²) < 4.78 is 0.915. The zero-order valence-corrected chi connectivity index (χ0v) is 17.8. The summed E-state index contributed by atoms with van der Waals surface area (Å²) in [7, 11) is 0. The average molecular weight is 440 g/mol. The Kier molecular flexibility index (Phi) is 4.63. The quantitative estimate of drug-likeness (QED) is 0.252. The number of aromatic hydroxyl groups is 1. The van der Waals surface area contributed by atoms with E-state index in [1.807, 2.05) is 12.1 Å². The molecule has 7 heteroatoms. The lowest BCUT2D eigenvalue weighted by Crippen LogP contribution is -2.23. The number of hydrogen-bond donors (Lipinski definition) is 2. The van der Waals surface area contributed by atoms with Crippen LogP contribution >= 0.6 is 0 Å². The van der Waals surface area contributed by atoms with E-state index in [0.717, 1.165) is 29.4 Å². The number of aromatic nitrogens is 1. The summed E-state index contributed by atoms with van der Waals surface area (Å²) in [4.78, 5) is 52.8. The molecule has 7 nitrogen and oxygen atoms in total. The van der Waals surface area contributed by atoms with Gasteiger partial charge >= 0.3 is 0 Å². The highest BCUT2D eigenvalue weighted by molar-refractivity contribution is 6.17. The van der Waals surface area contributed by atoms with E-state index in [4.69, 9.17) is 5.73 Å². The topological polar surface area (TPSA) is 119 Å². The Labute approximate surface area is 186 Å². The van der Waals surface area contributed by atoms with Crippen LogP contribution in [0.1, 0.15) is 25.3 Å². The van der Waals surface area contributed by atoms with Gasteiger partial charge in [-0.05, 0) is 30.5 Å². The number of anilines is 1. The molecule has 0 spiro atoms. The van der Waals surface area contributed by atoms with Gasteiger partial charge in [-0.3, -0.25) is 19.2 Å². The van der Waals surface area contributed by atoms with Gasteiger partial charge in [0.15, 0.2) is 10.9 Å². The van der Waals surface area contributed by atoms with Gasteiger partial charge in [0, 0.05) is 10.8 Å². The molecule has 5 rings (SSSR count). The van der Waals surface area contributed by atoms with E-state index in [1.54, 1.807) is 24.3 Å². The molecule has 164 valence electrons. The molecule has 0 atom stereocenters. The van der Waals surface area contributed by atoms with Gasteiger partial charge in [-0.25, -0.2) is 4.57 Å². The Balaban J connectivity index is 1.90. The van der Waals surface area contributed by atoms with Gasteiger partial charge < -0.3 is 10.8 Å². The van der Waals surface area contributed by atoms with Crippen molar-refractivity contribution in [2.45, 2.75) is 26.2 Å². The van der Waals surface area contributed by atoms with E-state index in [1.165, 1.54) is 12.1 Å². The smallest absolute Gasteiger partial charge is 0.270 e. The number of rotatable bonds is 4. The average Bonchev–Trinajstić information content (AvgIpc) is 3.09. The van der Waals surface area contributed by atoms with Crippen LogP contribution in [0.5, 0.6) is 5.75 Å². The number of phenolic OH excluding ortho intramolecular Hbond substituents is 1. The third-order valence-electron chi connectivity index (χ3n) is 6.23. The van der Waals surface area contributed by atoms with Gasteiger partial charge in [0.2, 0.25) is 0 Å². The fourth-order valence-electron chi connectivity index (χ4n) is 4.53. The van der Waals surface area contributed by atoms with Crippen LogP contribution in [0, 0.1) is 0 Å². The summed E-state index contributed by atoms with van der Waals surface area (Å²) in [5, 5.41) is 10.0. The van der Waals surface area contributed by atoms with Crippen molar-refractivity contribution in [2.24, 2.45) is 0 Å². The molecule has 0 saturated heterocycles. The maximum Gasteiger partial charge on any atom is 0.270 e. The van der Waals surface area contributed by atoms with Crippen LogP contribution < -0.4 is 27.7 Å². The van der Waals surface area contributed by atoms with Gasteiger partial charge in [-0.1, -0.05) is 49.7 Å². The van der Waals surface area contributed by atoms with E-state index in [2.05, 4.69) is 6.92 Å². The third kappa shape index (κ3) is 2.82. The Morgan fingerprint density at radius 2 is 1.36 bits per heavy atom. The zero-order chi connectivity index (χ0) is 23.4. The molecule has 1 aromatic heterocycles. The first-order valence-corrected chi connectivity index (χ1v) is 10.7. The Morgan fingerprint density at radius 3 is 1.97 bits per heavy atom. The minimum Gasteiger partial charge on any atom is -0.506 e. The van der Waals surface area contributed by atoms with E-state index >= 15 is 0 Å². The molecule has 0 saturated carbocycles. The molecular formula is C26H20N2O5. The van der Waals surface area contributed by atoms with Crippen LogP contribution in [0.3, 0.4) is 0 Å². The highest BCUT2D eigenvalue weighted by Crippen LogP contribution is 2.34. The molecule has 0 bridgehead atoms. The van der Waals surface area contributed by atoms with E-state index in [-0.39, 0.29) is 38.0 Å². The van der Waals surface area contributed by atoms with Crippen LogP contribution in [0.2, 0.25) is 0 Å². The summed E-state index contributed by atoms with van der Waals surface area (Å²) in [6, 6.07) is 13.2. The van der Waals surface area contributed by atoms with Crippen molar-refractivity contribution >= 4 is 38.0 Å². The Hall–Kier alpha value is -4.26. The first-order valence-electron chi connectivity index (χ1n) is 10.7. The van der Waals surface area contributed by atoms with Crippen molar-refractivity contribution in [1.29, 1.82) is 0 Å². The van der Waals surface area contributed by atoms with Crippen LogP contribution in [-0.4, -0.2) is 9.67 Å². The summed E-state index contributed by atoms with van der Waals surface area (Å²) in [5.41, 5.74) is 4.61. The second kappa shape index (κ2) is 7.41. The fourth-order valence-corrected chi connectivity index (χ4v) is 4.53. The maximum atomic E-state index is 13.3. The van der Waals surface area contributed by atoms with E-state index in [9.17, 15) is 24.3 Å². The predicted octanol–water partition coefficient (Wildman–Crippen LogP) is 2.88. The second-order valence-electron chi connectivity index (χ2n) is 8.18. The summed E-state index contributed by atoms with van der Waals surface area (Å²) in [6.07, 6.45) is 2.95. The molecule has 0 fully saturated rings. The molecule has 0 aliphatic rings. The molecule has 5 aromatic rings. The number of nitrogens with zero attached hydrogens (tertiary/aromatic N) is 1. The number of aryl methyl sites for hydroxylation is 1. The maximum absolute atomic E-state index is 13.3. The normalized spacial score (nSPS) is 11.7.